The summed E-state index contributed by atoms with van der Waals surface area (Å²) in [6, 6.07) is 9.71. The molecule has 0 fully saturated rings. The number of carbonyl (C=O) groups excluding carboxylic acids is 1. The van der Waals surface area contributed by atoms with Gasteiger partial charge in [0.2, 0.25) is 0 Å². The maximum atomic E-state index is 13.2. The summed E-state index contributed by atoms with van der Waals surface area (Å²) < 4.78 is 13.8. The van der Waals surface area contributed by atoms with Crippen molar-refractivity contribution in [1.29, 1.82) is 0 Å². The van der Waals surface area contributed by atoms with Gasteiger partial charge in [0.05, 0.1) is 6.04 Å². The first-order valence-electron chi connectivity index (χ1n) is 6.68. The van der Waals surface area contributed by atoms with E-state index in [-0.39, 0.29) is 11.7 Å². The molecule has 2 aromatic rings. The standard InChI is InChI=1S/C16H14BrFN2O/c17-14-8-11(18)3-4-12(14)15(19)10-2-1-9-5-6-20-16(21)13(9)7-10/h1-4,7-8,15H,5-6,19H2,(H,20,21). The van der Waals surface area contributed by atoms with Gasteiger partial charge in [-0.3, -0.25) is 4.79 Å². The summed E-state index contributed by atoms with van der Waals surface area (Å²) in [6.07, 6.45) is 0.830. The monoisotopic (exact) mass is 348 g/mol. The fourth-order valence-electron chi connectivity index (χ4n) is 2.56. The maximum absolute atomic E-state index is 13.2. The van der Waals surface area contributed by atoms with Gasteiger partial charge in [-0.1, -0.05) is 34.1 Å². The Morgan fingerprint density at radius 2 is 2.05 bits per heavy atom. The number of fused-ring (bicyclic) bond motifs is 1. The smallest absolute Gasteiger partial charge is 0.251 e. The van der Waals surface area contributed by atoms with Crippen LogP contribution in [0.2, 0.25) is 0 Å². The Labute approximate surface area is 130 Å². The molecule has 0 spiro atoms. The molecule has 3 rings (SSSR count). The van der Waals surface area contributed by atoms with Crippen LogP contribution in [0.3, 0.4) is 0 Å². The third kappa shape index (κ3) is 2.71. The Bertz CT molecular complexity index is 717. The second kappa shape index (κ2) is 5.58. The van der Waals surface area contributed by atoms with E-state index in [1.807, 2.05) is 18.2 Å². The van der Waals surface area contributed by atoms with Crippen molar-refractivity contribution in [2.45, 2.75) is 12.5 Å². The van der Waals surface area contributed by atoms with Gasteiger partial charge < -0.3 is 11.1 Å². The number of carbonyl (C=O) groups is 1. The van der Waals surface area contributed by atoms with Crippen LogP contribution in [-0.4, -0.2) is 12.5 Å². The van der Waals surface area contributed by atoms with Gasteiger partial charge in [-0.15, -0.1) is 0 Å². The summed E-state index contributed by atoms with van der Waals surface area (Å²) in [5.74, 6) is -0.383. The minimum atomic E-state index is -0.417. The van der Waals surface area contributed by atoms with Crippen molar-refractivity contribution in [3.8, 4) is 0 Å². The van der Waals surface area contributed by atoms with Crippen molar-refractivity contribution in [1.82, 2.24) is 5.32 Å². The van der Waals surface area contributed by atoms with Crippen LogP contribution in [-0.2, 0) is 6.42 Å². The molecule has 5 heteroatoms. The van der Waals surface area contributed by atoms with Crippen molar-refractivity contribution in [3.05, 3.63) is 68.9 Å². The van der Waals surface area contributed by atoms with E-state index in [0.717, 1.165) is 23.1 Å². The molecule has 0 bridgehead atoms. The number of amides is 1. The lowest BCUT2D eigenvalue weighted by Gasteiger charge is -2.20. The van der Waals surface area contributed by atoms with Crippen LogP contribution in [0.1, 0.15) is 33.1 Å². The van der Waals surface area contributed by atoms with Crippen molar-refractivity contribution in [2.24, 2.45) is 5.73 Å². The molecule has 0 saturated carbocycles. The summed E-state index contributed by atoms with van der Waals surface area (Å²) in [7, 11) is 0. The first-order chi connectivity index (χ1) is 10.1. The molecule has 0 saturated heterocycles. The Kier molecular flexibility index (Phi) is 3.78. The number of halogens is 2. The summed E-state index contributed by atoms with van der Waals surface area (Å²) in [5, 5.41) is 2.82. The fourth-order valence-corrected chi connectivity index (χ4v) is 3.15. The number of hydrogen-bond donors (Lipinski definition) is 2. The highest BCUT2D eigenvalue weighted by Gasteiger charge is 2.19. The molecule has 0 aliphatic carbocycles. The fraction of sp³-hybridized carbons (Fsp3) is 0.188. The molecule has 1 atom stereocenters. The highest BCUT2D eigenvalue weighted by atomic mass is 79.9. The molecule has 0 radical (unpaired) electrons. The molecule has 2 aromatic carbocycles. The molecule has 108 valence electrons. The second-order valence-corrected chi connectivity index (χ2v) is 5.92. The van der Waals surface area contributed by atoms with E-state index in [2.05, 4.69) is 21.2 Å². The lowest BCUT2D eigenvalue weighted by molar-refractivity contribution is 0.0946. The normalized spacial score (nSPS) is 15.3. The van der Waals surface area contributed by atoms with Crippen LogP contribution >= 0.6 is 15.9 Å². The predicted octanol–water partition coefficient (Wildman–Crippen LogP) is 2.92. The molecular weight excluding hydrogens is 335 g/mol. The van der Waals surface area contributed by atoms with E-state index in [9.17, 15) is 9.18 Å². The van der Waals surface area contributed by atoms with Crippen molar-refractivity contribution >= 4 is 21.8 Å². The van der Waals surface area contributed by atoms with Crippen LogP contribution in [0.5, 0.6) is 0 Å². The number of rotatable bonds is 2. The number of hydrogen-bond acceptors (Lipinski definition) is 2. The lowest BCUT2D eigenvalue weighted by atomic mass is 9.93. The molecule has 1 unspecified atom stereocenters. The minimum Gasteiger partial charge on any atom is -0.352 e. The Balaban J connectivity index is 2.00. The van der Waals surface area contributed by atoms with E-state index in [0.29, 0.717) is 16.6 Å². The van der Waals surface area contributed by atoms with Gasteiger partial charge in [0, 0.05) is 16.6 Å². The zero-order valence-corrected chi connectivity index (χ0v) is 12.8. The molecule has 0 aromatic heterocycles. The van der Waals surface area contributed by atoms with Crippen LogP contribution in [0, 0.1) is 5.82 Å². The number of benzene rings is 2. The average Bonchev–Trinajstić information content (AvgIpc) is 2.47. The van der Waals surface area contributed by atoms with Crippen LogP contribution in [0.4, 0.5) is 4.39 Å². The molecule has 3 nitrogen and oxygen atoms in total. The lowest BCUT2D eigenvalue weighted by Crippen LogP contribution is -2.32. The van der Waals surface area contributed by atoms with E-state index >= 15 is 0 Å². The third-order valence-corrected chi connectivity index (χ3v) is 4.40. The quantitative estimate of drug-likeness (QED) is 0.876. The van der Waals surface area contributed by atoms with Gasteiger partial charge in [0.15, 0.2) is 0 Å². The van der Waals surface area contributed by atoms with Crippen LogP contribution in [0.15, 0.2) is 40.9 Å². The van der Waals surface area contributed by atoms with Gasteiger partial charge in [-0.2, -0.15) is 0 Å². The van der Waals surface area contributed by atoms with Crippen molar-refractivity contribution < 1.29 is 9.18 Å². The number of nitrogens with one attached hydrogen (secondary N) is 1. The summed E-state index contributed by atoms with van der Waals surface area (Å²) in [4.78, 5) is 11.9. The predicted molar refractivity (Wildman–Crippen MR) is 82.6 cm³/mol. The second-order valence-electron chi connectivity index (χ2n) is 5.07. The molecule has 1 aliphatic heterocycles. The Morgan fingerprint density at radius 3 is 2.81 bits per heavy atom. The zero-order valence-electron chi connectivity index (χ0n) is 11.2. The van der Waals surface area contributed by atoms with E-state index in [1.165, 1.54) is 12.1 Å². The maximum Gasteiger partial charge on any atom is 0.251 e. The SMILES string of the molecule is NC(c1ccc2c(c1)C(=O)NCC2)c1ccc(F)cc1Br. The zero-order chi connectivity index (χ0) is 15.0. The molecule has 3 N–H and O–H groups in total. The highest BCUT2D eigenvalue weighted by molar-refractivity contribution is 9.10. The first-order valence-corrected chi connectivity index (χ1v) is 7.47. The van der Waals surface area contributed by atoms with Crippen molar-refractivity contribution in [3.63, 3.8) is 0 Å². The van der Waals surface area contributed by atoms with E-state index in [1.54, 1.807) is 6.07 Å². The summed E-state index contributed by atoms with van der Waals surface area (Å²) in [6.45, 7) is 0.667. The van der Waals surface area contributed by atoms with Gasteiger partial charge in [0.25, 0.3) is 5.91 Å². The molecule has 1 heterocycles. The largest absolute Gasteiger partial charge is 0.352 e. The van der Waals surface area contributed by atoms with Gasteiger partial charge >= 0.3 is 0 Å². The topological polar surface area (TPSA) is 55.1 Å². The van der Waals surface area contributed by atoms with Gasteiger partial charge in [-0.25, -0.2) is 4.39 Å². The van der Waals surface area contributed by atoms with Gasteiger partial charge in [-0.05, 0) is 41.3 Å². The highest BCUT2D eigenvalue weighted by Crippen LogP contribution is 2.29. The van der Waals surface area contributed by atoms with Crippen LogP contribution in [0.25, 0.3) is 0 Å². The molecular formula is C16H14BrFN2O. The Morgan fingerprint density at radius 1 is 1.24 bits per heavy atom. The summed E-state index contributed by atoms with van der Waals surface area (Å²) in [5.41, 5.74) is 9.59. The molecule has 21 heavy (non-hydrogen) atoms. The Hall–Kier alpha value is -1.72. The first kappa shape index (κ1) is 14.2. The molecule has 1 amide bonds. The van der Waals surface area contributed by atoms with Gasteiger partial charge in [0.1, 0.15) is 5.82 Å². The van der Waals surface area contributed by atoms with Crippen molar-refractivity contribution in [2.75, 3.05) is 6.54 Å². The summed E-state index contributed by atoms with van der Waals surface area (Å²) >= 11 is 3.33. The van der Waals surface area contributed by atoms with Crippen LogP contribution < -0.4 is 11.1 Å². The third-order valence-electron chi connectivity index (χ3n) is 3.72. The van der Waals surface area contributed by atoms with E-state index in [4.69, 9.17) is 5.73 Å². The average molecular weight is 349 g/mol. The number of nitrogens with two attached hydrogens (primary N) is 1. The van der Waals surface area contributed by atoms with E-state index < -0.39 is 6.04 Å². The molecule has 1 aliphatic rings. The minimum absolute atomic E-state index is 0.0662.